The molecule has 0 bridgehead atoms. The molecule has 0 aromatic heterocycles. The van der Waals surface area contributed by atoms with Crippen molar-refractivity contribution in [3.63, 3.8) is 0 Å². The standard InChI is InChI=1S/C26H26BN3O2/c1-25(2)26(3,4)32-27(31-25)19-14-12-17-10-11-18-13-15-22(28)24(23(18)21(17)16-19)30-29-20-8-6-5-7-9-20/h5-16H,28H2,1-4H3. The zero-order chi connectivity index (χ0) is 22.5. The van der Waals surface area contributed by atoms with Gasteiger partial charge in [0.25, 0.3) is 0 Å². The third-order valence-electron chi connectivity index (χ3n) is 6.58. The summed E-state index contributed by atoms with van der Waals surface area (Å²) in [7, 11) is -0.435. The van der Waals surface area contributed by atoms with Crippen molar-refractivity contribution in [2.75, 3.05) is 5.73 Å². The number of nitrogen functional groups attached to an aromatic ring is 1. The van der Waals surface area contributed by atoms with E-state index in [-0.39, 0.29) is 0 Å². The Morgan fingerprint density at radius 3 is 2.09 bits per heavy atom. The summed E-state index contributed by atoms with van der Waals surface area (Å²) in [4.78, 5) is 0. The summed E-state index contributed by atoms with van der Waals surface area (Å²) in [5, 5.41) is 13.2. The molecule has 6 heteroatoms. The van der Waals surface area contributed by atoms with E-state index in [0.717, 1.165) is 32.7 Å². The largest absolute Gasteiger partial charge is 0.494 e. The van der Waals surface area contributed by atoms with Gasteiger partial charge in [-0.2, -0.15) is 5.11 Å². The van der Waals surface area contributed by atoms with Crippen LogP contribution >= 0.6 is 0 Å². The minimum absolute atomic E-state index is 0.398. The molecule has 1 heterocycles. The zero-order valence-corrected chi connectivity index (χ0v) is 18.8. The van der Waals surface area contributed by atoms with E-state index in [1.807, 2.05) is 42.5 Å². The fourth-order valence-electron chi connectivity index (χ4n) is 4.00. The van der Waals surface area contributed by atoms with Gasteiger partial charge in [0.2, 0.25) is 0 Å². The first kappa shape index (κ1) is 20.7. The Bertz CT molecular complexity index is 1330. The summed E-state index contributed by atoms with van der Waals surface area (Å²) in [5.74, 6) is 0. The lowest BCUT2D eigenvalue weighted by atomic mass is 9.78. The summed E-state index contributed by atoms with van der Waals surface area (Å²) >= 11 is 0. The number of hydrogen-bond donors (Lipinski definition) is 1. The third-order valence-corrected chi connectivity index (χ3v) is 6.58. The van der Waals surface area contributed by atoms with Gasteiger partial charge >= 0.3 is 7.12 Å². The van der Waals surface area contributed by atoms with E-state index in [1.54, 1.807) is 0 Å². The van der Waals surface area contributed by atoms with Gasteiger partial charge in [0.1, 0.15) is 5.69 Å². The number of anilines is 1. The molecule has 0 saturated carbocycles. The Morgan fingerprint density at radius 1 is 0.750 bits per heavy atom. The molecule has 1 aliphatic rings. The summed E-state index contributed by atoms with van der Waals surface area (Å²) in [6.07, 6.45) is 0. The van der Waals surface area contributed by atoms with E-state index in [0.29, 0.717) is 11.4 Å². The number of hydrogen-bond acceptors (Lipinski definition) is 5. The lowest BCUT2D eigenvalue weighted by molar-refractivity contribution is 0.00578. The van der Waals surface area contributed by atoms with Crippen molar-refractivity contribution in [1.82, 2.24) is 0 Å². The van der Waals surface area contributed by atoms with Crippen LogP contribution in [0.25, 0.3) is 21.5 Å². The average Bonchev–Trinajstić information content (AvgIpc) is 3.00. The molecular formula is C26H26BN3O2. The van der Waals surface area contributed by atoms with Crippen LogP contribution in [0.15, 0.2) is 83.0 Å². The lowest BCUT2D eigenvalue weighted by Crippen LogP contribution is -2.41. The predicted molar refractivity (Wildman–Crippen MR) is 132 cm³/mol. The summed E-state index contributed by atoms with van der Waals surface area (Å²) in [5.41, 5.74) is 8.58. The highest BCUT2D eigenvalue weighted by Crippen LogP contribution is 2.39. The average molecular weight is 423 g/mol. The molecule has 5 rings (SSSR count). The Kier molecular flexibility index (Phi) is 4.80. The van der Waals surface area contributed by atoms with Gasteiger partial charge in [-0.3, -0.25) is 0 Å². The number of rotatable bonds is 3. The quantitative estimate of drug-likeness (QED) is 0.182. The van der Waals surface area contributed by atoms with Crippen LogP contribution < -0.4 is 11.2 Å². The molecule has 0 atom stereocenters. The van der Waals surface area contributed by atoms with E-state index >= 15 is 0 Å². The normalized spacial score (nSPS) is 17.6. The van der Waals surface area contributed by atoms with Crippen LogP contribution in [0, 0.1) is 0 Å². The maximum absolute atomic E-state index is 6.37. The van der Waals surface area contributed by atoms with E-state index in [4.69, 9.17) is 15.0 Å². The van der Waals surface area contributed by atoms with Crippen molar-refractivity contribution >= 4 is 51.2 Å². The van der Waals surface area contributed by atoms with E-state index in [2.05, 4.69) is 68.3 Å². The van der Waals surface area contributed by atoms with Crippen molar-refractivity contribution in [2.45, 2.75) is 38.9 Å². The van der Waals surface area contributed by atoms with Gasteiger partial charge in [-0.25, -0.2) is 0 Å². The first-order valence-electron chi connectivity index (χ1n) is 10.8. The molecular weight excluding hydrogens is 397 g/mol. The molecule has 0 amide bonds. The molecule has 5 nitrogen and oxygen atoms in total. The number of benzene rings is 4. The SMILES string of the molecule is CC1(C)OB(c2ccc3ccc4ccc(N)c(N=Nc5ccccc5)c4c3c2)OC1(C)C. The molecule has 32 heavy (non-hydrogen) atoms. The maximum atomic E-state index is 6.37. The molecule has 1 saturated heterocycles. The monoisotopic (exact) mass is 423 g/mol. The molecule has 0 spiro atoms. The van der Waals surface area contributed by atoms with Crippen LogP contribution in [0.2, 0.25) is 0 Å². The van der Waals surface area contributed by atoms with Crippen LogP contribution in [-0.4, -0.2) is 18.3 Å². The molecule has 4 aromatic rings. The minimum Gasteiger partial charge on any atom is -0.399 e. The summed E-state index contributed by atoms with van der Waals surface area (Å²) < 4.78 is 12.6. The maximum Gasteiger partial charge on any atom is 0.494 e. The molecule has 160 valence electrons. The molecule has 4 aromatic carbocycles. The van der Waals surface area contributed by atoms with E-state index in [9.17, 15) is 0 Å². The zero-order valence-electron chi connectivity index (χ0n) is 18.8. The van der Waals surface area contributed by atoms with E-state index < -0.39 is 18.3 Å². The Balaban J connectivity index is 1.67. The lowest BCUT2D eigenvalue weighted by Gasteiger charge is -2.32. The van der Waals surface area contributed by atoms with Crippen LogP contribution in [-0.2, 0) is 9.31 Å². The van der Waals surface area contributed by atoms with Crippen LogP contribution in [0.4, 0.5) is 17.1 Å². The second kappa shape index (κ2) is 7.43. The Morgan fingerprint density at radius 2 is 1.38 bits per heavy atom. The second-order valence-electron chi connectivity index (χ2n) is 9.27. The Labute approximate surface area is 188 Å². The number of nitrogens with two attached hydrogens (primary N) is 1. The highest BCUT2D eigenvalue weighted by atomic mass is 16.7. The van der Waals surface area contributed by atoms with Crippen molar-refractivity contribution < 1.29 is 9.31 Å². The van der Waals surface area contributed by atoms with Gasteiger partial charge in [0.05, 0.1) is 22.6 Å². The predicted octanol–water partition coefficient (Wildman–Crippen LogP) is 6.29. The highest BCUT2D eigenvalue weighted by molar-refractivity contribution is 6.62. The van der Waals surface area contributed by atoms with Gasteiger partial charge < -0.3 is 15.0 Å². The molecule has 0 aliphatic carbocycles. The summed E-state index contributed by atoms with van der Waals surface area (Å²) in [6.45, 7) is 8.25. The highest BCUT2D eigenvalue weighted by Gasteiger charge is 2.51. The smallest absolute Gasteiger partial charge is 0.399 e. The minimum atomic E-state index is -0.435. The number of azo groups is 1. The first-order chi connectivity index (χ1) is 15.2. The molecule has 1 aliphatic heterocycles. The molecule has 1 fully saturated rings. The number of fused-ring (bicyclic) bond motifs is 3. The molecule has 2 N–H and O–H groups in total. The summed E-state index contributed by atoms with van der Waals surface area (Å²) in [6, 6.07) is 24.0. The van der Waals surface area contributed by atoms with Gasteiger partial charge in [-0.05, 0) is 67.5 Å². The third kappa shape index (κ3) is 3.46. The van der Waals surface area contributed by atoms with Gasteiger partial charge in [-0.1, -0.05) is 54.6 Å². The van der Waals surface area contributed by atoms with Gasteiger partial charge in [0, 0.05) is 5.39 Å². The van der Waals surface area contributed by atoms with Crippen molar-refractivity contribution in [2.24, 2.45) is 10.2 Å². The molecule has 0 unspecified atom stereocenters. The van der Waals surface area contributed by atoms with Gasteiger partial charge in [-0.15, -0.1) is 5.11 Å². The van der Waals surface area contributed by atoms with Crippen molar-refractivity contribution in [3.05, 3.63) is 72.8 Å². The van der Waals surface area contributed by atoms with Crippen molar-refractivity contribution in [1.29, 1.82) is 0 Å². The fraction of sp³-hybridized carbons (Fsp3) is 0.231. The van der Waals surface area contributed by atoms with E-state index in [1.165, 1.54) is 0 Å². The van der Waals surface area contributed by atoms with Crippen LogP contribution in [0.1, 0.15) is 27.7 Å². The topological polar surface area (TPSA) is 69.2 Å². The second-order valence-corrected chi connectivity index (χ2v) is 9.27. The van der Waals surface area contributed by atoms with Gasteiger partial charge in [0.15, 0.2) is 0 Å². The number of nitrogens with zero attached hydrogens (tertiary/aromatic N) is 2. The molecule has 0 radical (unpaired) electrons. The van der Waals surface area contributed by atoms with Crippen LogP contribution in [0.3, 0.4) is 0 Å². The van der Waals surface area contributed by atoms with Crippen LogP contribution in [0.5, 0.6) is 0 Å². The van der Waals surface area contributed by atoms with Crippen molar-refractivity contribution in [3.8, 4) is 0 Å². The Hall–Kier alpha value is -3.22. The first-order valence-corrected chi connectivity index (χ1v) is 10.8. The fourth-order valence-corrected chi connectivity index (χ4v) is 4.00.